The normalized spacial score (nSPS) is 24.4. The molecule has 0 aromatic heterocycles. The average Bonchev–Trinajstić information content (AvgIpc) is 2.69. The van der Waals surface area contributed by atoms with E-state index in [9.17, 15) is 13.2 Å². The predicted molar refractivity (Wildman–Crippen MR) is 66.5 cm³/mol. The molecule has 0 saturated carbocycles. The summed E-state index contributed by atoms with van der Waals surface area (Å²) in [6.45, 7) is 1.95. The van der Waals surface area contributed by atoms with Crippen LogP contribution in [0.15, 0.2) is 0 Å². The van der Waals surface area contributed by atoms with Crippen LogP contribution in [0.5, 0.6) is 0 Å². The number of hydrogen-bond donors (Lipinski definition) is 1. The molecule has 0 aromatic rings. The minimum Gasteiger partial charge on any atom is -0.384 e. The molecule has 0 radical (unpaired) electrons. The van der Waals surface area contributed by atoms with Gasteiger partial charge in [0.1, 0.15) is 0 Å². The van der Waals surface area contributed by atoms with E-state index >= 15 is 0 Å². The van der Waals surface area contributed by atoms with Gasteiger partial charge in [-0.2, -0.15) is 0 Å². The highest BCUT2D eigenvalue weighted by Crippen LogP contribution is 2.38. The van der Waals surface area contributed by atoms with Crippen LogP contribution in [-0.2, 0) is 19.6 Å². The molecular formula is C11H20N2O4S. The summed E-state index contributed by atoms with van der Waals surface area (Å²) in [7, 11) is -1.71. The molecule has 1 N–H and O–H groups in total. The Kier molecular flexibility index (Phi) is 3.93. The highest BCUT2D eigenvalue weighted by atomic mass is 32.2. The van der Waals surface area contributed by atoms with Gasteiger partial charge in [-0.3, -0.25) is 4.79 Å². The predicted octanol–water partition coefficient (Wildman–Crippen LogP) is -0.435. The van der Waals surface area contributed by atoms with Crippen LogP contribution in [0.3, 0.4) is 0 Å². The van der Waals surface area contributed by atoms with Crippen molar-refractivity contribution in [1.82, 2.24) is 9.62 Å². The molecular weight excluding hydrogens is 256 g/mol. The van der Waals surface area contributed by atoms with Crippen LogP contribution in [0.25, 0.3) is 0 Å². The molecule has 0 bridgehead atoms. The van der Waals surface area contributed by atoms with Gasteiger partial charge >= 0.3 is 0 Å². The number of nitrogens with one attached hydrogen (secondary N) is 1. The Bertz CT molecular complexity index is 413. The monoisotopic (exact) mass is 276 g/mol. The van der Waals surface area contributed by atoms with Gasteiger partial charge < -0.3 is 10.1 Å². The number of piperidine rings is 1. The summed E-state index contributed by atoms with van der Waals surface area (Å²) >= 11 is 0. The second-order valence-electron chi connectivity index (χ2n) is 5.16. The average molecular weight is 276 g/mol. The molecule has 18 heavy (non-hydrogen) atoms. The number of nitrogens with zero attached hydrogens (tertiary/aromatic N) is 1. The number of ether oxygens (including phenoxy) is 1. The van der Waals surface area contributed by atoms with Gasteiger partial charge in [-0.05, 0) is 18.3 Å². The minimum atomic E-state index is -3.20. The molecule has 2 saturated heterocycles. The zero-order chi connectivity index (χ0) is 13.2. The Hall–Kier alpha value is -0.660. The maximum atomic E-state index is 12.0. The van der Waals surface area contributed by atoms with Gasteiger partial charge in [0, 0.05) is 33.2 Å². The SMILES string of the molecule is COCCS(=O)(=O)N1CCC2(CC1)CNC(=O)C2. The first-order valence-corrected chi connectivity index (χ1v) is 7.82. The van der Waals surface area contributed by atoms with Gasteiger partial charge in [0.05, 0.1) is 12.4 Å². The van der Waals surface area contributed by atoms with Crippen molar-refractivity contribution in [3.05, 3.63) is 0 Å². The molecule has 104 valence electrons. The lowest BCUT2D eigenvalue weighted by atomic mass is 9.78. The largest absolute Gasteiger partial charge is 0.384 e. The van der Waals surface area contributed by atoms with Crippen LogP contribution in [0.1, 0.15) is 19.3 Å². The first kappa shape index (κ1) is 13.8. The Balaban J connectivity index is 1.92. The summed E-state index contributed by atoms with van der Waals surface area (Å²) in [5.74, 6) is 0.124. The molecule has 1 amide bonds. The highest BCUT2D eigenvalue weighted by Gasteiger charge is 2.42. The quantitative estimate of drug-likeness (QED) is 0.755. The summed E-state index contributed by atoms with van der Waals surface area (Å²) in [5, 5.41) is 2.84. The number of carbonyl (C=O) groups excluding carboxylic acids is 1. The van der Waals surface area contributed by atoms with Crippen LogP contribution in [0.2, 0.25) is 0 Å². The van der Waals surface area contributed by atoms with E-state index in [1.54, 1.807) is 0 Å². The topological polar surface area (TPSA) is 75.7 Å². The summed E-state index contributed by atoms with van der Waals surface area (Å²) in [6, 6.07) is 0. The minimum absolute atomic E-state index is 0.00956. The van der Waals surface area contributed by atoms with E-state index in [0.717, 1.165) is 12.8 Å². The number of hydrogen-bond acceptors (Lipinski definition) is 4. The molecule has 7 heteroatoms. The van der Waals surface area contributed by atoms with Crippen molar-refractivity contribution in [1.29, 1.82) is 0 Å². The smallest absolute Gasteiger partial charge is 0.220 e. The molecule has 2 fully saturated rings. The molecule has 0 atom stereocenters. The first-order chi connectivity index (χ1) is 8.47. The van der Waals surface area contributed by atoms with Crippen LogP contribution >= 0.6 is 0 Å². The maximum absolute atomic E-state index is 12.0. The fourth-order valence-corrected chi connectivity index (χ4v) is 4.04. The van der Waals surface area contributed by atoms with E-state index < -0.39 is 10.0 Å². The van der Waals surface area contributed by atoms with Crippen molar-refractivity contribution < 1.29 is 17.9 Å². The molecule has 0 aliphatic carbocycles. The Labute approximate surface area is 108 Å². The van der Waals surface area contributed by atoms with Crippen molar-refractivity contribution in [3.8, 4) is 0 Å². The fraction of sp³-hybridized carbons (Fsp3) is 0.909. The Morgan fingerprint density at radius 3 is 2.56 bits per heavy atom. The second kappa shape index (κ2) is 5.14. The van der Waals surface area contributed by atoms with Crippen molar-refractivity contribution in [2.75, 3.05) is 39.1 Å². The Morgan fingerprint density at radius 2 is 2.06 bits per heavy atom. The number of methoxy groups -OCH3 is 1. The van der Waals surface area contributed by atoms with Crippen LogP contribution in [-0.4, -0.2) is 57.7 Å². The lowest BCUT2D eigenvalue weighted by molar-refractivity contribution is -0.119. The maximum Gasteiger partial charge on any atom is 0.220 e. The zero-order valence-corrected chi connectivity index (χ0v) is 11.5. The van der Waals surface area contributed by atoms with Crippen molar-refractivity contribution >= 4 is 15.9 Å². The van der Waals surface area contributed by atoms with Crippen molar-refractivity contribution in [2.45, 2.75) is 19.3 Å². The molecule has 2 aliphatic rings. The van der Waals surface area contributed by atoms with Crippen molar-refractivity contribution in [2.24, 2.45) is 5.41 Å². The molecule has 0 aromatic carbocycles. The number of sulfonamides is 1. The number of rotatable bonds is 4. The summed E-state index contributed by atoms with van der Waals surface area (Å²) in [5.41, 5.74) is -0.00956. The van der Waals surface area contributed by atoms with E-state index in [2.05, 4.69) is 5.32 Å². The summed E-state index contributed by atoms with van der Waals surface area (Å²) in [4.78, 5) is 11.3. The summed E-state index contributed by atoms with van der Waals surface area (Å²) < 4.78 is 30.3. The van der Waals surface area contributed by atoms with E-state index in [4.69, 9.17) is 4.74 Å². The van der Waals surface area contributed by atoms with E-state index in [0.29, 0.717) is 26.1 Å². The van der Waals surface area contributed by atoms with Gasteiger partial charge in [0.15, 0.2) is 0 Å². The third-order valence-electron chi connectivity index (χ3n) is 3.92. The standard InChI is InChI=1S/C11H20N2O4S/c1-17-6-7-18(15,16)13-4-2-11(3-5-13)8-10(14)12-9-11/h2-9H2,1H3,(H,12,14). The number of amides is 1. The summed E-state index contributed by atoms with van der Waals surface area (Å²) in [6.07, 6.45) is 2.06. The van der Waals surface area contributed by atoms with E-state index in [-0.39, 0.29) is 23.7 Å². The lowest BCUT2D eigenvalue weighted by Crippen LogP contribution is -2.45. The van der Waals surface area contributed by atoms with Gasteiger partial charge in [-0.25, -0.2) is 12.7 Å². The van der Waals surface area contributed by atoms with Gasteiger partial charge in [-0.1, -0.05) is 0 Å². The molecule has 1 spiro atoms. The van der Waals surface area contributed by atoms with Gasteiger partial charge in [0.25, 0.3) is 0 Å². The van der Waals surface area contributed by atoms with E-state index in [1.807, 2.05) is 0 Å². The zero-order valence-electron chi connectivity index (χ0n) is 10.6. The Morgan fingerprint density at radius 1 is 1.39 bits per heavy atom. The number of carbonyl (C=O) groups is 1. The third-order valence-corrected chi connectivity index (χ3v) is 5.75. The molecule has 2 rings (SSSR count). The fourth-order valence-electron chi connectivity index (χ4n) is 2.66. The van der Waals surface area contributed by atoms with E-state index in [1.165, 1.54) is 11.4 Å². The third kappa shape index (κ3) is 2.84. The van der Waals surface area contributed by atoms with Crippen LogP contribution in [0.4, 0.5) is 0 Å². The molecule has 0 unspecified atom stereocenters. The van der Waals surface area contributed by atoms with Crippen molar-refractivity contribution in [3.63, 3.8) is 0 Å². The van der Waals surface area contributed by atoms with Gasteiger partial charge in [0.2, 0.25) is 15.9 Å². The van der Waals surface area contributed by atoms with Crippen LogP contribution in [0, 0.1) is 5.41 Å². The molecule has 2 heterocycles. The lowest BCUT2D eigenvalue weighted by Gasteiger charge is -2.37. The first-order valence-electron chi connectivity index (χ1n) is 6.21. The molecule has 6 nitrogen and oxygen atoms in total. The second-order valence-corrected chi connectivity index (χ2v) is 7.25. The van der Waals surface area contributed by atoms with Crippen LogP contribution < -0.4 is 5.32 Å². The molecule has 2 aliphatic heterocycles. The highest BCUT2D eigenvalue weighted by molar-refractivity contribution is 7.89. The van der Waals surface area contributed by atoms with Gasteiger partial charge in [-0.15, -0.1) is 0 Å².